The number of fused-ring (bicyclic) bond motifs is 3. The predicted molar refractivity (Wildman–Crippen MR) is 120 cm³/mol. The summed E-state index contributed by atoms with van der Waals surface area (Å²) < 4.78 is 2.21. The molecule has 3 aromatic rings. The molecule has 1 aromatic carbocycles. The first-order valence-corrected chi connectivity index (χ1v) is 11.5. The summed E-state index contributed by atoms with van der Waals surface area (Å²) in [6.07, 6.45) is 8.13. The Hall–Kier alpha value is -2.93. The van der Waals surface area contributed by atoms with Gasteiger partial charge in [-0.15, -0.1) is 0 Å². The van der Waals surface area contributed by atoms with E-state index in [1.807, 2.05) is 29.2 Å². The van der Waals surface area contributed by atoms with E-state index in [1.54, 1.807) is 12.4 Å². The van der Waals surface area contributed by atoms with E-state index in [0.29, 0.717) is 24.4 Å². The molecule has 2 fully saturated rings. The first-order chi connectivity index (χ1) is 15.5. The van der Waals surface area contributed by atoms with Gasteiger partial charge in [-0.05, 0) is 68.4 Å². The van der Waals surface area contributed by atoms with Crippen LogP contribution in [0.3, 0.4) is 0 Å². The minimum Gasteiger partial charge on any atom is -0.481 e. The zero-order chi connectivity index (χ0) is 22.0. The fraction of sp³-hybridized carbons (Fsp3) is 0.417. The van der Waals surface area contributed by atoms with Gasteiger partial charge in [-0.25, -0.2) is 4.98 Å². The third-order valence-electron chi connectivity index (χ3n) is 7.45. The highest BCUT2D eigenvalue weighted by Gasteiger charge is 2.59. The molecule has 2 aliphatic carbocycles. The van der Waals surface area contributed by atoms with Gasteiger partial charge < -0.3 is 14.6 Å². The first-order valence-electron chi connectivity index (χ1n) is 11.1. The van der Waals surface area contributed by atoms with Crippen molar-refractivity contribution < 1.29 is 14.7 Å². The van der Waals surface area contributed by atoms with Crippen LogP contribution < -0.4 is 4.90 Å². The van der Waals surface area contributed by atoms with Gasteiger partial charge in [0.05, 0.1) is 40.8 Å². The van der Waals surface area contributed by atoms with E-state index in [0.717, 1.165) is 53.8 Å². The molecule has 2 aromatic heterocycles. The number of aliphatic carboxylic acids is 1. The van der Waals surface area contributed by atoms with Crippen LogP contribution in [0.2, 0.25) is 5.02 Å². The summed E-state index contributed by atoms with van der Waals surface area (Å²) in [4.78, 5) is 35.8. The first kappa shape index (κ1) is 19.7. The second-order valence-electron chi connectivity index (χ2n) is 9.24. The van der Waals surface area contributed by atoms with Crippen molar-refractivity contribution in [1.82, 2.24) is 14.5 Å². The van der Waals surface area contributed by atoms with E-state index in [1.165, 1.54) is 0 Å². The number of carboxylic acids is 1. The van der Waals surface area contributed by atoms with Crippen molar-refractivity contribution in [3.8, 4) is 0 Å². The lowest BCUT2D eigenvalue weighted by molar-refractivity contribution is -0.143. The Morgan fingerprint density at radius 1 is 1.19 bits per heavy atom. The van der Waals surface area contributed by atoms with Crippen molar-refractivity contribution in [3.63, 3.8) is 0 Å². The number of nitrogens with zero attached hydrogens (tertiary/aromatic N) is 4. The Morgan fingerprint density at radius 2 is 1.97 bits per heavy atom. The predicted octanol–water partition coefficient (Wildman–Crippen LogP) is 4.48. The largest absolute Gasteiger partial charge is 0.481 e. The molecule has 6 rings (SSSR count). The van der Waals surface area contributed by atoms with Gasteiger partial charge in [0.2, 0.25) is 5.91 Å². The van der Waals surface area contributed by atoms with Crippen LogP contribution in [0.5, 0.6) is 0 Å². The number of hydrogen-bond acceptors (Lipinski definition) is 4. The smallest absolute Gasteiger partial charge is 0.306 e. The average molecular weight is 451 g/mol. The summed E-state index contributed by atoms with van der Waals surface area (Å²) in [7, 11) is 0. The van der Waals surface area contributed by atoms with Crippen molar-refractivity contribution in [2.24, 2.45) is 5.92 Å². The van der Waals surface area contributed by atoms with Gasteiger partial charge in [0, 0.05) is 17.3 Å². The Morgan fingerprint density at radius 3 is 2.69 bits per heavy atom. The number of amides is 1. The molecule has 32 heavy (non-hydrogen) atoms. The van der Waals surface area contributed by atoms with Crippen LogP contribution in [0.1, 0.15) is 56.0 Å². The highest BCUT2D eigenvalue weighted by molar-refractivity contribution is 6.31. The summed E-state index contributed by atoms with van der Waals surface area (Å²) in [6, 6.07) is 7.79. The molecule has 3 heterocycles. The standard InChI is InChI=1S/C24H23ClN4O3/c25-15-3-6-19-18(11-15)27-21(29(19)16-4-1-14(2-5-16)22(30)31)13-28-20-12-26-10-7-17(20)24(8-9-24)23(28)32/h3,6-7,10-12,14,16H,1-2,4-5,8-9,13H2,(H,30,31)/t14-,16+. The Kier molecular flexibility index (Phi) is 4.34. The van der Waals surface area contributed by atoms with Gasteiger partial charge in [-0.2, -0.15) is 0 Å². The number of benzene rings is 1. The molecule has 7 nitrogen and oxygen atoms in total. The van der Waals surface area contributed by atoms with Crippen LogP contribution in [-0.2, 0) is 21.5 Å². The second-order valence-corrected chi connectivity index (χ2v) is 9.68. The van der Waals surface area contributed by atoms with Crippen molar-refractivity contribution in [2.45, 2.75) is 56.5 Å². The zero-order valence-corrected chi connectivity index (χ0v) is 18.3. The van der Waals surface area contributed by atoms with Gasteiger partial charge in [0.1, 0.15) is 5.82 Å². The van der Waals surface area contributed by atoms with Gasteiger partial charge >= 0.3 is 5.97 Å². The molecule has 1 N–H and O–H groups in total. The Labute approximate surface area is 190 Å². The van der Waals surface area contributed by atoms with E-state index in [2.05, 4.69) is 9.55 Å². The van der Waals surface area contributed by atoms with Gasteiger partial charge in [0.25, 0.3) is 0 Å². The average Bonchev–Trinajstić information content (AvgIpc) is 3.48. The number of anilines is 1. The summed E-state index contributed by atoms with van der Waals surface area (Å²) in [5, 5.41) is 10.0. The maximum absolute atomic E-state index is 13.4. The van der Waals surface area contributed by atoms with E-state index in [-0.39, 0.29) is 23.3 Å². The molecule has 0 radical (unpaired) electrons. The lowest BCUT2D eigenvalue weighted by Gasteiger charge is -2.29. The summed E-state index contributed by atoms with van der Waals surface area (Å²) in [5.41, 5.74) is 3.35. The summed E-state index contributed by atoms with van der Waals surface area (Å²) in [6.45, 7) is 0.366. The molecule has 1 aliphatic heterocycles. The van der Waals surface area contributed by atoms with Crippen molar-refractivity contribution in [1.29, 1.82) is 0 Å². The topological polar surface area (TPSA) is 88.3 Å². The Balaban J connectivity index is 1.40. The van der Waals surface area contributed by atoms with E-state index >= 15 is 0 Å². The number of aromatic nitrogens is 3. The molecule has 0 unspecified atom stereocenters. The van der Waals surface area contributed by atoms with Gasteiger partial charge in [0.15, 0.2) is 0 Å². The number of imidazole rings is 1. The molecular weight excluding hydrogens is 428 g/mol. The fourth-order valence-electron chi connectivity index (χ4n) is 5.62. The van der Waals surface area contributed by atoms with Crippen LogP contribution in [0, 0.1) is 5.92 Å². The molecule has 164 valence electrons. The molecule has 0 atom stereocenters. The van der Waals surface area contributed by atoms with Crippen molar-refractivity contribution >= 4 is 40.2 Å². The molecule has 8 heteroatoms. The number of carbonyl (C=O) groups is 2. The minimum absolute atomic E-state index is 0.131. The lowest BCUT2D eigenvalue weighted by Crippen LogP contribution is -2.33. The molecule has 3 aliphatic rings. The van der Waals surface area contributed by atoms with Crippen LogP contribution in [0.25, 0.3) is 11.0 Å². The Bertz CT molecular complexity index is 1260. The highest BCUT2D eigenvalue weighted by atomic mass is 35.5. The normalized spacial score (nSPS) is 23.7. The molecule has 1 spiro atoms. The second kappa shape index (κ2) is 7.04. The summed E-state index contributed by atoms with van der Waals surface area (Å²) in [5.74, 6) is -0.0622. The quantitative estimate of drug-likeness (QED) is 0.633. The highest BCUT2D eigenvalue weighted by Crippen LogP contribution is 2.57. The van der Waals surface area contributed by atoms with Crippen LogP contribution in [0.15, 0.2) is 36.7 Å². The fourth-order valence-corrected chi connectivity index (χ4v) is 5.78. The number of carbonyl (C=O) groups excluding carboxylic acids is 1. The van der Waals surface area contributed by atoms with E-state index in [9.17, 15) is 14.7 Å². The maximum atomic E-state index is 13.4. The SMILES string of the molecule is O=C1N(Cc2nc3cc(Cl)ccc3n2[C@H]2CC[C@@H](C(=O)O)CC2)c2cnccc2C12CC2. The molecule has 0 saturated heterocycles. The number of pyridine rings is 1. The number of rotatable bonds is 4. The third kappa shape index (κ3) is 2.87. The van der Waals surface area contributed by atoms with E-state index < -0.39 is 5.97 Å². The molecule has 2 saturated carbocycles. The van der Waals surface area contributed by atoms with Gasteiger partial charge in [-0.1, -0.05) is 11.6 Å². The van der Waals surface area contributed by atoms with Crippen molar-refractivity contribution in [2.75, 3.05) is 4.90 Å². The number of halogens is 1. The molecule has 0 bridgehead atoms. The number of hydrogen-bond donors (Lipinski definition) is 1. The third-order valence-corrected chi connectivity index (χ3v) is 7.68. The van der Waals surface area contributed by atoms with Gasteiger partial charge in [-0.3, -0.25) is 14.6 Å². The monoisotopic (exact) mass is 450 g/mol. The molecular formula is C24H23ClN4O3. The van der Waals surface area contributed by atoms with Crippen LogP contribution in [-0.4, -0.2) is 31.5 Å². The van der Waals surface area contributed by atoms with Crippen LogP contribution >= 0.6 is 11.6 Å². The van der Waals surface area contributed by atoms with E-state index in [4.69, 9.17) is 16.6 Å². The van der Waals surface area contributed by atoms with Crippen molar-refractivity contribution in [3.05, 3.63) is 53.1 Å². The van der Waals surface area contributed by atoms with Crippen LogP contribution in [0.4, 0.5) is 5.69 Å². The zero-order valence-electron chi connectivity index (χ0n) is 17.5. The molecule has 1 amide bonds. The minimum atomic E-state index is -0.715. The number of carboxylic acid groups (broad SMARTS) is 1. The summed E-state index contributed by atoms with van der Waals surface area (Å²) >= 11 is 6.24. The maximum Gasteiger partial charge on any atom is 0.306 e. The lowest BCUT2D eigenvalue weighted by atomic mass is 9.86.